The number of carbonyl (C=O) groups excluding carboxylic acids is 1. The second-order valence-corrected chi connectivity index (χ2v) is 23.5. The lowest BCUT2D eigenvalue weighted by molar-refractivity contribution is -0.209. The summed E-state index contributed by atoms with van der Waals surface area (Å²) in [7, 11) is 0. The fourth-order valence-corrected chi connectivity index (χ4v) is 17.2. The molecule has 8 heteroatoms. The van der Waals surface area contributed by atoms with Crippen molar-refractivity contribution in [3.63, 3.8) is 0 Å². The number of rotatable bonds is 11. The lowest BCUT2D eigenvalue weighted by atomic mass is 9.43. The van der Waals surface area contributed by atoms with Crippen molar-refractivity contribution < 1.29 is 39.5 Å². The van der Waals surface area contributed by atoms with E-state index >= 15 is 0 Å². The van der Waals surface area contributed by atoms with Gasteiger partial charge in [0.15, 0.2) is 5.78 Å². The van der Waals surface area contributed by atoms with Crippen molar-refractivity contribution >= 4 is 11.8 Å². The van der Waals surface area contributed by atoms with Crippen molar-refractivity contribution in [2.24, 2.45) is 63.6 Å². The van der Waals surface area contributed by atoms with Crippen LogP contribution in [0.1, 0.15) is 149 Å². The van der Waals surface area contributed by atoms with E-state index in [1.165, 1.54) is 22.3 Å². The first-order valence-electron chi connectivity index (χ1n) is 26.2. The zero-order chi connectivity index (χ0) is 47.0. The van der Waals surface area contributed by atoms with E-state index in [0.29, 0.717) is 43.8 Å². The Bertz CT molecular complexity index is 2340. The molecule has 2 aromatic rings. The molecule has 0 spiro atoms. The van der Waals surface area contributed by atoms with E-state index in [-0.39, 0.29) is 76.2 Å². The molecule has 0 bridgehead atoms. The summed E-state index contributed by atoms with van der Waals surface area (Å²) in [5.41, 5.74) is 6.21. The van der Waals surface area contributed by atoms with Crippen molar-refractivity contribution in [3.05, 3.63) is 76.9 Å². The van der Waals surface area contributed by atoms with Crippen LogP contribution in [0.3, 0.4) is 0 Å². The quantitative estimate of drug-likeness (QED) is 0.129. The summed E-state index contributed by atoms with van der Waals surface area (Å²) in [6.45, 7) is 12.0. The van der Waals surface area contributed by atoms with Gasteiger partial charge in [0.1, 0.15) is 18.0 Å². The van der Waals surface area contributed by atoms with Crippen molar-refractivity contribution in [2.45, 2.75) is 167 Å². The number of benzene rings is 2. The number of ether oxygens (including phenoxy) is 2. The van der Waals surface area contributed by atoms with Crippen molar-refractivity contribution in [1.82, 2.24) is 0 Å². The van der Waals surface area contributed by atoms with Crippen LogP contribution < -0.4 is 4.74 Å². The van der Waals surface area contributed by atoms with E-state index in [9.17, 15) is 30.0 Å². The molecule has 0 heterocycles. The first kappa shape index (κ1) is 47.0. The number of ketones is 1. The van der Waals surface area contributed by atoms with Gasteiger partial charge in [-0.25, -0.2) is 0 Å². The monoisotopic (exact) mass is 913 g/mol. The molecule has 0 aromatic heterocycles. The molecule has 8 nitrogen and oxygen atoms in total. The Kier molecular flexibility index (Phi) is 12.5. The van der Waals surface area contributed by atoms with Gasteiger partial charge in [0, 0.05) is 24.2 Å². The van der Waals surface area contributed by atoms with Crippen molar-refractivity contribution in [1.29, 1.82) is 0 Å². The number of aliphatic hydroxyl groups is 3. The molecule has 0 aliphatic heterocycles. The summed E-state index contributed by atoms with van der Waals surface area (Å²) in [4.78, 5) is 23.9. The minimum absolute atomic E-state index is 0.0532. The summed E-state index contributed by atoms with van der Waals surface area (Å²) >= 11 is 0. The van der Waals surface area contributed by atoms with Gasteiger partial charge in [-0.2, -0.15) is 0 Å². The molecule has 0 unspecified atom stereocenters. The number of carboxylic acids is 1. The minimum atomic E-state index is -0.990. The molecule has 2 aromatic carbocycles. The molecular weight excluding hydrogens is 837 g/mol. The van der Waals surface area contributed by atoms with Crippen LogP contribution in [0, 0.1) is 75.4 Å². The highest BCUT2D eigenvalue weighted by atomic mass is 16.5. The Hall–Kier alpha value is -3.74. The lowest BCUT2D eigenvalue weighted by Gasteiger charge is -2.63. The smallest absolute Gasteiger partial charge is 0.303 e. The summed E-state index contributed by atoms with van der Waals surface area (Å²) < 4.78 is 12.7. The standard InChI is InChI=1S/C59H76O8/c1-6-25-59(65)27-24-48-45-18-14-39-30-41(60)15-19-44(39)54(45)46(34-57(48,59)4)38-10-8-36(9-11-38)37-12-16-42(17-13-37)66-28-29-67-43-23-26-56(3)40(31-43)32-51(61)55-49-21-20-47(35(2)7-22-53(63)64)58(49,5)52(62)33-50(55)56/h8-13,16-17,30,35,40,43,45-52,55,61-62,65H,7,14-15,18-24,26-29,31-34H2,1-5H3,(H,63,64)/t35-,40+,43+,45+,46-,47-,48+,49+,50+,51-,52+,55+,56+,57+,58-,59+/m1/s1. The second kappa shape index (κ2) is 17.9. The van der Waals surface area contributed by atoms with Crippen molar-refractivity contribution in [3.8, 4) is 28.7 Å². The third kappa shape index (κ3) is 7.89. The number of hydrogen-bond acceptors (Lipinski definition) is 7. The third-order valence-electron chi connectivity index (χ3n) is 20.7. The average Bonchev–Trinajstić information content (AvgIpc) is 3.80. The number of carboxylic acid groups (broad SMARTS) is 1. The third-order valence-corrected chi connectivity index (χ3v) is 20.7. The van der Waals surface area contributed by atoms with Crippen LogP contribution in [-0.4, -0.2) is 69.3 Å². The van der Waals surface area contributed by atoms with E-state index in [2.05, 4.69) is 75.9 Å². The zero-order valence-corrected chi connectivity index (χ0v) is 40.8. The predicted octanol–water partition coefficient (Wildman–Crippen LogP) is 10.9. The number of aliphatic carboxylic acids is 1. The van der Waals surface area contributed by atoms with E-state index in [1.54, 1.807) is 0 Å². The number of carbonyl (C=O) groups is 2. The molecule has 8 aliphatic carbocycles. The maximum atomic E-state index is 12.5. The largest absolute Gasteiger partial charge is 0.491 e. The molecule has 8 aliphatic rings. The van der Waals surface area contributed by atoms with Crippen LogP contribution >= 0.6 is 0 Å². The average molecular weight is 913 g/mol. The zero-order valence-electron chi connectivity index (χ0n) is 40.8. The highest BCUT2D eigenvalue weighted by Gasteiger charge is 2.66. The molecule has 67 heavy (non-hydrogen) atoms. The van der Waals surface area contributed by atoms with Crippen molar-refractivity contribution in [2.75, 3.05) is 13.2 Å². The van der Waals surface area contributed by atoms with E-state index < -0.39 is 17.7 Å². The summed E-state index contributed by atoms with van der Waals surface area (Å²) in [5.74, 6) is 9.18. The molecule has 0 saturated heterocycles. The number of fused-ring (bicyclic) bond motifs is 9. The Morgan fingerprint density at radius 3 is 2.33 bits per heavy atom. The SMILES string of the molecule is CC#C[C@]1(O)CC[C@H]2[C@@H]3CCC4=CC(=O)CCC4=C3[C@@H](c3ccc(-c4ccc(OCCO[C@H]5CC[C@@]6(C)[C@@H](C5)C[C@@H](O)[C@@H]5[C@@H]6C[C@H](O)[C@]6(C)[C@@H]([C@H](C)CCC(=O)O)CC[C@@H]56)cc4)cc3)C[C@@]21C. The Morgan fingerprint density at radius 1 is 0.851 bits per heavy atom. The van der Waals surface area contributed by atoms with Crippen LogP contribution in [0.4, 0.5) is 0 Å². The topological polar surface area (TPSA) is 134 Å². The fourth-order valence-electron chi connectivity index (χ4n) is 17.2. The molecule has 0 radical (unpaired) electrons. The van der Waals surface area contributed by atoms with Gasteiger partial charge < -0.3 is 29.9 Å². The predicted molar refractivity (Wildman–Crippen MR) is 260 cm³/mol. The van der Waals surface area contributed by atoms with Crippen LogP contribution in [0.25, 0.3) is 11.1 Å². The Labute approximate surface area is 399 Å². The molecule has 4 N–H and O–H groups in total. The van der Waals surface area contributed by atoms with Crippen LogP contribution in [0.15, 0.2) is 71.3 Å². The van der Waals surface area contributed by atoms with Gasteiger partial charge in [-0.05, 0) is 201 Å². The van der Waals surface area contributed by atoms with Gasteiger partial charge in [0.05, 0.1) is 24.9 Å². The molecular formula is C59H76O8. The number of allylic oxidation sites excluding steroid dienone is 4. The highest BCUT2D eigenvalue weighted by molar-refractivity contribution is 5.93. The van der Waals surface area contributed by atoms with Gasteiger partial charge in [-0.3, -0.25) is 9.59 Å². The Morgan fingerprint density at radius 2 is 1.60 bits per heavy atom. The maximum absolute atomic E-state index is 12.5. The first-order chi connectivity index (χ1) is 32.1. The van der Waals surface area contributed by atoms with E-state index in [0.717, 1.165) is 100 Å². The molecule has 0 amide bonds. The minimum Gasteiger partial charge on any atom is -0.491 e. The maximum Gasteiger partial charge on any atom is 0.303 e. The van der Waals surface area contributed by atoms with E-state index in [1.807, 2.05) is 25.1 Å². The molecule has 6 fully saturated rings. The number of hydrogen-bond donors (Lipinski definition) is 4. The molecule has 360 valence electrons. The lowest BCUT2D eigenvalue weighted by Crippen LogP contribution is -2.62. The molecule has 16 atom stereocenters. The first-order valence-corrected chi connectivity index (χ1v) is 26.2. The van der Waals surface area contributed by atoms with Gasteiger partial charge in [0.2, 0.25) is 0 Å². The summed E-state index contributed by atoms with van der Waals surface area (Å²) in [6.07, 6.45) is 14.4. The molecule has 10 rings (SSSR count). The summed E-state index contributed by atoms with van der Waals surface area (Å²) in [5, 5.41) is 45.3. The molecule has 6 saturated carbocycles. The number of aliphatic hydroxyl groups excluding tert-OH is 2. The normalized spacial score (nSPS) is 41.3. The van der Waals surface area contributed by atoms with E-state index in [4.69, 9.17) is 9.47 Å². The van der Waals surface area contributed by atoms with Gasteiger partial charge in [-0.1, -0.05) is 75.6 Å². The fraction of sp³-hybridized carbons (Fsp3) is 0.661. The van der Waals surface area contributed by atoms with Gasteiger partial charge in [-0.15, -0.1) is 5.92 Å². The van der Waals surface area contributed by atoms with Crippen LogP contribution in [-0.2, 0) is 14.3 Å². The van der Waals surface area contributed by atoms with Crippen LogP contribution in [0.5, 0.6) is 5.75 Å². The van der Waals surface area contributed by atoms with Crippen LogP contribution in [0.2, 0.25) is 0 Å². The van der Waals surface area contributed by atoms with Gasteiger partial charge in [0.25, 0.3) is 0 Å². The highest BCUT2D eigenvalue weighted by Crippen LogP contribution is 2.69. The van der Waals surface area contributed by atoms with Gasteiger partial charge >= 0.3 is 5.97 Å². The summed E-state index contributed by atoms with van der Waals surface area (Å²) in [6, 6.07) is 17.4. The Balaban J connectivity index is 0.750. The second-order valence-electron chi connectivity index (χ2n) is 23.5.